The van der Waals surface area contributed by atoms with Gasteiger partial charge in [0.25, 0.3) is 5.91 Å². The summed E-state index contributed by atoms with van der Waals surface area (Å²) in [5.74, 6) is -1.06. The van der Waals surface area contributed by atoms with Gasteiger partial charge in [0.05, 0.1) is 5.02 Å². The average Bonchev–Trinajstić information content (AvgIpc) is 2.51. The van der Waals surface area contributed by atoms with Crippen molar-refractivity contribution in [2.45, 2.75) is 19.3 Å². The molecule has 6 heteroatoms. The van der Waals surface area contributed by atoms with Crippen LogP contribution in [0.15, 0.2) is 46.9 Å². The van der Waals surface area contributed by atoms with Gasteiger partial charge in [-0.05, 0) is 58.6 Å². The SMILES string of the molecule is O=C(O)CCCc1ccccc1NC(=O)c1ccc(Cl)c(Br)c1. The monoisotopic (exact) mass is 395 g/mol. The zero-order valence-electron chi connectivity index (χ0n) is 12.2. The summed E-state index contributed by atoms with van der Waals surface area (Å²) in [6.07, 6.45) is 1.22. The quantitative estimate of drug-likeness (QED) is 0.739. The topological polar surface area (TPSA) is 66.4 Å². The fourth-order valence-electron chi connectivity index (χ4n) is 2.12. The van der Waals surface area contributed by atoms with Gasteiger partial charge in [-0.1, -0.05) is 29.8 Å². The molecule has 0 aromatic heterocycles. The molecule has 0 aliphatic rings. The molecule has 2 aromatic rings. The van der Waals surface area contributed by atoms with Crippen LogP contribution in [-0.2, 0) is 11.2 Å². The van der Waals surface area contributed by atoms with Gasteiger partial charge >= 0.3 is 5.97 Å². The summed E-state index contributed by atoms with van der Waals surface area (Å²) in [6, 6.07) is 12.3. The highest BCUT2D eigenvalue weighted by Gasteiger charge is 2.11. The summed E-state index contributed by atoms with van der Waals surface area (Å²) in [4.78, 5) is 23.0. The molecule has 0 unspecified atom stereocenters. The van der Waals surface area contributed by atoms with Crippen molar-refractivity contribution < 1.29 is 14.7 Å². The second kappa shape index (κ2) is 8.13. The van der Waals surface area contributed by atoms with Crippen molar-refractivity contribution >= 4 is 45.1 Å². The van der Waals surface area contributed by atoms with Gasteiger partial charge in [-0.3, -0.25) is 9.59 Å². The lowest BCUT2D eigenvalue weighted by atomic mass is 10.1. The van der Waals surface area contributed by atoms with E-state index in [1.807, 2.05) is 18.2 Å². The second-order valence-electron chi connectivity index (χ2n) is 4.99. The number of carbonyl (C=O) groups excluding carboxylic acids is 1. The number of para-hydroxylation sites is 1. The zero-order valence-corrected chi connectivity index (χ0v) is 14.5. The van der Waals surface area contributed by atoms with Crippen molar-refractivity contribution in [2.24, 2.45) is 0 Å². The van der Waals surface area contributed by atoms with Crippen LogP contribution < -0.4 is 5.32 Å². The highest BCUT2D eigenvalue weighted by Crippen LogP contribution is 2.24. The van der Waals surface area contributed by atoms with Crippen LogP contribution in [-0.4, -0.2) is 17.0 Å². The molecule has 0 aliphatic carbocycles. The van der Waals surface area contributed by atoms with Crippen molar-refractivity contribution in [3.63, 3.8) is 0 Å². The van der Waals surface area contributed by atoms with Crippen molar-refractivity contribution in [3.8, 4) is 0 Å². The Bertz CT molecular complexity index is 734. The fourth-order valence-corrected chi connectivity index (χ4v) is 2.62. The van der Waals surface area contributed by atoms with Crippen molar-refractivity contribution in [1.82, 2.24) is 0 Å². The van der Waals surface area contributed by atoms with E-state index < -0.39 is 5.97 Å². The van der Waals surface area contributed by atoms with Gasteiger partial charge in [-0.2, -0.15) is 0 Å². The summed E-state index contributed by atoms with van der Waals surface area (Å²) in [5.41, 5.74) is 2.09. The standard InChI is InChI=1S/C17H15BrClNO3/c18-13-10-12(8-9-14(13)19)17(23)20-15-6-2-1-4-11(15)5-3-7-16(21)22/h1-2,4,6,8-10H,3,5,7H2,(H,20,23)(H,21,22). The molecule has 23 heavy (non-hydrogen) atoms. The third kappa shape index (κ3) is 5.08. The minimum atomic E-state index is -0.822. The largest absolute Gasteiger partial charge is 0.481 e. The number of aryl methyl sites for hydroxylation is 1. The van der Waals surface area contributed by atoms with E-state index in [0.29, 0.717) is 33.6 Å². The van der Waals surface area contributed by atoms with Crippen LogP contribution in [0.2, 0.25) is 5.02 Å². The first-order valence-electron chi connectivity index (χ1n) is 7.03. The number of aliphatic carboxylic acids is 1. The van der Waals surface area contributed by atoms with E-state index in [1.54, 1.807) is 24.3 Å². The van der Waals surface area contributed by atoms with Crippen molar-refractivity contribution in [2.75, 3.05) is 5.32 Å². The Morgan fingerprint density at radius 1 is 1.17 bits per heavy atom. The molecule has 120 valence electrons. The van der Waals surface area contributed by atoms with Gasteiger partial charge < -0.3 is 10.4 Å². The molecule has 1 amide bonds. The normalized spacial score (nSPS) is 10.3. The van der Waals surface area contributed by atoms with E-state index in [-0.39, 0.29) is 12.3 Å². The average molecular weight is 397 g/mol. The van der Waals surface area contributed by atoms with Gasteiger partial charge in [0.15, 0.2) is 0 Å². The van der Waals surface area contributed by atoms with Crippen LogP contribution in [0.3, 0.4) is 0 Å². The van der Waals surface area contributed by atoms with Crippen LogP contribution >= 0.6 is 27.5 Å². The van der Waals surface area contributed by atoms with Gasteiger partial charge in [0, 0.05) is 22.1 Å². The first kappa shape index (κ1) is 17.5. The number of nitrogens with one attached hydrogen (secondary N) is 1. The van der Waals surface area contributed by atoms with Gasteiger partial charge in [0.1, 0.15) is 0 Å². The minimum Gasteiger partial charge on any atom is -0.481 e. The summed E-state index contributed by atoms with van der Waals surface area (Å²) in [5, 5.41) is 12.1. The smallest absolute Gasteiger partial charge is 0.303 e. The summed E-state index contributed by atoms with van der Waals surface area (Å²) < 4.78 is 0.654. The van der Waals surface area contributed by atoms with Gasteiger partial charge in [-0.25, -0.2) is 0 Å². The Labute approximate surface area is 147 Å². The summed E-state index contributed by atoms with van der Waals surface area (Å²) in [7, 11) is 0. The zero-order chi connectivity index (χ0) is 16.8. The first-order valence-corrected chi connectivity index (χ1v) is 8.20. The first-order chi connectivity index (χ1) is 11.0. The molecule has 0 saturated carbocycles. The molecule has 2 N–H and O–H groups in total. The van der Waals surface area contributed by atoms with Crippen LogP contribution in [0.25, 0.3) is 0 Å². The third-order valence-corrected chi connectivity index (χ3v) is 4.50. The van der Waals surface area contributed by atoms with E-state index in [4.69, 9.17) is 16.7 Å². The highest BCUT2D eigenvalue weighted by molar-refractivity contribution is 9.10. The predicted molar refractivity (Wildman–Crippen MR) is 94.1 cm³/mol. The maximum absolute atomic E-state index is 12.3. The number of carboxylic acids is 1. The minimum absolute atomic E-state index is 0.104. The van der Waals surface area contributed by atoms with Crippen molar-refractivity contribution in [1.29, 1.82) is 0 Å². The molecule has 0 atom stereocenters. The molecule has 0 aliphatic heterocycles. The maximum Gasteiger partial charge on any atom is 0.303 e. The van der Waals surface area contributed by atoms with E-state index >= 15 is 0 Å². The fraction of sp³-hybridized carbons (Fsp3) is 0.176. The van der Waals surface area contributed by atoms with E-state index in [2.05, 4.69) is 21.2 Å². The molecule has 0 saturated heterocycles. The molecular formula is C17H15BrClNO3. The highest BCUT2D eigenvalue weighted by atomic mass is 79.9. The van der Waals surface area contributed by atoms with E-state index in [0.717, 1.165) is 5.56 Å². The molecule has 0 bridgehead atoms. The Morgan fingerprint density at radius 3 is 2.61 bits per heavy atom. The number of carbonyl (C=O) groups is 2. The number of hydrogen-bond acceptors (Lipinski definition) is 2. The Balaban J connectivity index is 2.11. The van der Waals surface area contributed by atoms with Crippen LogP contribution in [0, 0.1) is 0 Å². The van der Waals surface area contributed by atoms with E-state index in [9.17, 15) is 9.59 Å². The molecular weight excluding hydrogens is 382 g/mol. The van der Waals surface area contributed by atoms with Crippen LogP contribution in [0.5, 0.6) is 0 Å². The van der Waals surface area contributed by atoms with Crippen LogP contribution in [0.4, 0.5) is 5.69 Å². The predicted octanol–water partition coefficient (Wildman–Crippen LogP) is 4.76. The van der Waals surface area contributed by atoms with Gasteiger partial charge in [0.2, 0.25) is 0 Å². The lowest BCUT2D eigenvalue weighted by Crippen LogP contribution is -2.13. The molecule has 4 nitrogen and oxygen atoms in total. The number of benzene rings is 2. The second-order valence-corrected chi connectivity index (χ2v) is 6.25. The molecule has 0 heterocycles. The number of anilines is 1. The summed E-state index contributed by atoms with van der Waals surface area (Å²) >= 11 is 9.22. The Morgan fingerprint density at radius 2 is 1.91 bits per heavy atom. The Hall–Kier alpha value is -1.85. The number of carboxylic acid groups (broad SMARTS) is 1. The molecule has 2 rings (SSSR count). The molecule has 0 fully saturated rings. The lowest BCUT2D eigenvalue weighted by Gasteiger charge is -2.11. The van der Waals surface area contributed by atoms with Gasteiger partial charge in [-0.15, -0.1) is 0 Å². The summed E-state index contributed by atoms with van der Waals surface area (Å²) in [6.45, 7) is 0. The number of halogens is 2. The van der Waals surface area contributed by atoms with Crippen LogP contribution in [0.1, 0.15) is 28.8 Å². The maximum atomic E-state index is 12.3. The molecule has 0 radical (unpaired) electrons. The van der Waals surface area contributed by atoms with E-state index in [1.165, 1.54) is 0 Å². The number of hydrogen-bond donors (Lipinski definition) is 2. The molecule has 0 spiro atoms. The number of rotatable bonds is 6. The third-order valence-electron chi connectivity index (χ3n) is 3.28. The Kier molecular flexibility index (Phi) is 6.19. The van der Waals surface area contributed by atoms with Crippen molar-refractivity contribution in [3.05, 3.63) is 63.1 Å². The molecule has 2 aromatic carbocycles. The number of amides is 1. The lowest BCUT2D eigenvalue weighted by molar-refractivity contribution is -0.137.